The van der Waals surface area contributed by atoms with Crippen LogP contribution in [-0.2, 0) is 7.05 Å². The molecular formula is C19H12FNO2. The van der Waals surface area contributed by atoms with E-state index in [1.807, 2.05) is 0 Å². The minimum atomic E-state index is -0.327. The van der Waals surface area contributed by atoms with Crippen LogP contribution in [0.3, 0.4) is 0 Å². The summed E-state index contributed by atoms with van der Waals surface area (Å²) < 4.78 is 14.8. The number of nitrogens with zero attached hydrogens (tertiary/aromatic N) is 1. The number of aromatic nitrogens is 1. The molecule has 1 aliphatic carbocycles. The molecule has 112 valence electrons. The van der Waals surface area contributed by atoms with E-state index in [9.17, 15) is 14.0 Å². The highest BCUT2D eigenvalue weighted by atomic mass is 19.1. The van der Waals surface area contributed by atoms with Gasteiger partial charge in [-0.25, -0.2) is 4.39 Å². The maximum atomic E-state index is 13.1. The van der Waals surface area contributed by atoms with Crippen LogP contribution in [0, 0.1) is 5.82 Å². The molecule has 2 aromatic carbocycles. The third-order valence-corrected chi connectivity index (χ3v) is 4.25. The molecule has 0 saturated carbocycles. The lowest BCUT2D eigenvalue weighted by atomic mass is 9.88. The van der Waals surface area contributed by atoms with Gasteiger partial charge in [0.25, 0.3) is 0 Å². The van der Waals surface area contributed by atoms with E-state index in [1.165, 1.54) is 12.1 Å². The zero-order chi connectivity index (χ0) is 16.1. The van der Waals surface area contributed by atoms with Crippen LogP contribution in [0.2, 0.25) is 0 Å². The molecule has 0 radical (unpaired) electrons. The largest absolute Gasteiger partial charge is 0.340 e. The molecule has 0 aliphatic heterocycles. The molecule has 0 unspecified atom stereocenters. The van der Waals surface area contributed by atoms with Gasteiger partial charge in [0.1, 0.15) is 11.5 Å². The molecule has 3 nitrogen and oxygen atoms in total. The first-order valence-corrected chi connectivity index (χ1v) is 7.22. The maximum Gasteiger partial charge on any atom is 0.210 e. The van der Waals surface area contributed by atoms with Crippen molar-refractivity contribution in [1.82, 2.24) is 4.57 Å². The average Bonchev–Trinajstić information content (AvgIpc) is 2.91. The molecule has 4 rings (SSSR count). The van der Waals surface area contributed by atoms with Crippen molar-refractivity contribution in [3.05, 3.63) is 82.8 Å². The molecule has 4 heteroatoms. The smallest absolute Gasteiger partial charge is 0.210 e. The number of benzene rings is 2. The van der Waals surface area contributed by atoms with Crippen molar-refractivity contribution in [2.75, 3.05) is 0 Å². The fourth-order valence-corrected chi connectivity index (χ4v) is 3.10. The number of hydrogen-bond acceptors (Lipinski definition) is 2. The van der Waals surface area contributed by atoms with Crippen molar-refractivity contribution < 1.29 is 14.0 Å². The number of halogens is 1. The first-order chi connectivity index (χ1) is 11.1. The number of carbonyl (C=O) groups excluding carboxylic acids is 2. The Labute approximate surface area is 132 Å². The summed E-state index contributed by atoms with van der Waals surface area (Å²) in [6.45, 7) is 0. The second-order valence-corrected chi connectivity index (χ2v) is 5.56. The van der Waals surface area contributed by atoms with E-state index in [0.717, 1.165) is 5.56 Å². The monoisotopic (exact) mass is 305 g/mol. The number of rotatable bonds is 1. The van der Waals surface area contributed by atoms with Gasteiger partial charge in [-0.05, 0) is 35.9 Å². The molecule has 0 saturated heterocycles. The van der Waals surface area contributed by atoms with Crippen molar-refractivity contribution >= 4 is 11.6 Å². The minimum absolute atomic E-state index is 0.154. The number of ketones is 2. The standard InChI is InChI=1S/C19H12FNO2/c1-21-16(11-6-8-12(20)9-7-11)10-15-17(21)19(23)14-5-3-2-4-13(14)18(15)22/h2-10H,1H3. The van der Waals surface area contributed by atoms with Gasteiger partial charge in [-0.15, -0.1) is 0 Å². The van der Waals surface area contributed by atoms with Crippen LogP contribution >= 0.6 is 0 Å². The van der Waals surface area contributed by atoms with Gasteiger partial charge in [0.2, 0.25) is 5.78 Å². The summed E-state index contributed by atoms with van der Waals surface area (Å²) in [5, 5.41) is 0. The van der Waals surface area contributed by atoms with Crippen molar-refractivity contribution in [2.24, 2.45) is 7.05 Å². The SMILES string of the molecule is Cn1c(-c2ccc(F)cc2)cc2c1C(=O)c1ccccc1C2=O. The van der Waals surface area contributed by atoms with Gasteiger partial charge in [0.05, 0.1) is 5.56 Å². The van der Waals surface area contributed by atoms with Gasteiger partial charge in [-0.3, -0.25) is 9.59 Å². The number of carbonyl (C=O) groups is 2. The van der Waals surface area contributed by atoms with Gasteiger partial charge in [-0.1, -0.05) is 24.3 Å². The maximum absolute atomic E-state index is 13.1. The molecule has 1 aliphatic rings. The normalized spacial score (nSPS) is 13.0. The van der Waals surface area contributed by atoms with E-state index in [0.29, 0.717) is 28.1 Å². The second kappa shape index (κ2) is 4.74. The van der Waals surface area contributed by atoms with E-state index >= 15 is 0 Å². The molecule has 0 spiro atoms. The van der Waals surface area contributed by atoms with Gasteiger partial charge in [-0.2, -0.15) is 0 Å². The van der Waals surface area contributed by atoms with Crippen molar-refractivity contribution in [3.63, 3.8) is 0 Å². The summed E-state index contributed by atoms with van der Waals surface area (Å²) in [6, 6.07) is 14.5. The molecule has 23 heavy (non-hydrogen) atoms. The van der Waals surface area contributed by atoms with E-state index in [4.69, 9.17) is 0 Å². The molecule has 1 heterocycles. The number of hydrogen-bond donors (Lipinski definition) is 0. The summed E-state index contributed by atoms with van der Waals surface area (Å²) in [4.78, 5) is 25.4. The Morgan fingerprint density at radius 2 is 1.43 bits per heavy atom. The fraction of sp³-hybridized carbons (Fsp3) is 0.0526. The Kier molecular flexibility index (Phi) is 2.81. The van der Waals surface area contributed by atoms with Crippen molar-refractivity contribution in [2.45, 2.75) is 0 Å². The van der Waals surface area contributed by atoms with Crippen molar-refractivity contribution in [3.8, 4) is 11.3 Å². The zero-order valence-corrected chi connectivity index (χ0v) is 12.3. The lowest BCUT2D eigenvalue weighted by molar-refractivity contribution is 0.0974. The molecular weight excluding hydrogens is 293 g/mol. The Balaban J connectivity index is 1.95. The predicted octanol–water partition coefficient (Wildman–Crippen LogP) is 3.61. The fourth-order valence-electron chi connectivity index (χ4n) is 3.10. The molecule has 0 bridgehead atoms. The van der Waals surface area contributed by atoms with E-state index in [2.05, 4.69) is 0 Å². The Hall–Kier alpha value is -3.01. The van der Waals surface area contributed by atoms with Gasteiger partial charge >= 0.3 is 0 Å². The summed E-state index contributed by atoms with van der Waals surface area (Å²) in [6.07, 6.45) is 0. The summed E-state index contributed by atoms with van der Waals surface area (Å²) in [5.41, 5.74) is 3.11. The third-order valence-electron chi connectivity index (χ3n) is 4.25. The third kappa shape index (κ3) is 1.88. The van der Waals surface area contributed by atoms with Gasteiger partial charge < -0.3 is 4.57 Å². The topological polar surface area (TPSA) is 39.1 Å². The Bertz CT molecular complexity index is 968. The second-order valence-electron chi connectivity index (χ2n) is 5.56. The highest BCUT2D eigenvalue weighted by molar-refractivity contribution is 6.28. The quantitative estimate of drug-likeness (QED) is 0.539. The molecule has 0 atom stereocenters. The highest BCUT2D eigenvalue weighted by Crippen LogP contribution is 2.33. The predicted molar refractivity (Wildman–Crippen MR) is 84.1 cm³/mol. The van der Waals surface area contributed by atoms with Crippen LogP contribution in [-0.4, -0.2) is 16.1 Å². The lowest BCUT2D eigenvalue weighted by Crippen LogP contribution is -2.21. The van der Waals surface area contributed by atoms with Crippen LogP contribution in [0.1, 0.15) is 32.0 Å². The molecule has 0 N–H and O–H groups in total. The molecule has 3 aromatic rings. The molecule has 1 aromatic heterocycles. The lowest BCUT2D eigenvalue weighted by Gasteiger charge is -2.15. The van der Waals surface area contributed by atoms with Crippen LogP contribution in [0.15, 0.2) is 54.6 Å². The first kappa shape index (κ1) is 13.6. The van der Waals surface area contributed by atoms with Gasteiger partial charge in [0, 0.05) is 23.9 Å². The van der Waals surface area contributed by atoms with Crippen LogP contribution in [0.4, 0.5) is 4.39 Å². The minimum Gasteiger partial charge on any atom is -0.340 e. The molecule has 0 amide bonds. The van der Waals surface area contributed by atoms with Gasteiger partial charge in [0.15, 0.2) is 5.78 Å². The molecule has 0 fully saturated rings. The highest BCUT2D eigenvalue weighted by Gasteiger charge is 2.33. The van der Waals surface area contributed by atoms with Crippen LogP contribution in [0.25, 0.3) is 11.3 Å². The Morgan fingerprint density at radius 3 is 2.09 bits per heavy atom. The van der Waals surface area contributed by atoms with E-state index in [-0.39, 0.29) is 17.4 Å². The zero-order valence-electron chi connectivity index (χ0n) is 12.3. The average molecular weight is 305 g/mol. The van der Waals surface area contributed by atoms with Crippen LogP contribution < -0.4 is 0 Å². The van der Waals surface area contributed by atoms with Crippen molar-refractivity contribution in [1.29, 1.82) is 0 Å². The summed E-state index contributed by atoms with van der Waals surface area (Å²) in [5.74, 6) is -0.641. The Morgan fingerprint density at radius 1 is 0.826 bits per heavy atom. The number of fused-ring (bicyclic) bond motifs is 2. The van der Waals surface area contributed by atoms with E-state index < -0.39 is 0 Å². The summed E-state index contributed by atoms with van der Waals surface area (Å²) >= 11 is 0. The first-order valence-electron chi connectivity index (χ1n) is 7.22. The van der Waals surface area contributed by atoms with Crippen LogP contribution in [0.5, 0.6) is 0 Å². The summed E-state index contributed by atoms with van der Waals surface area (Å²) in [7, 11) is 1.75. The van der Waals surface area contributed by atoms with E-state index in [1.54, 1.807) is 54.1 Å².